The minimum atomic E-state index is -3.21. The molecule has 1 aromatic rings. The third kappa shape index (κ3) is 3.05. The molecule has 0 radical (unpaired) electrons. The van der Waals surface area contributed by atoms with Crippen LogP contribution < -0.4 is 5.32 Å². The number of carbonyl (C=O) groups is 1. The van der Waals surface area contributed by atoms with Crippen LogP contribution in [0.5, 0.6) is 0 Å². The van der Waals surface area contributed by atoms with Gasteiger partial charge in [-0.1, -0.05) is 0 Å². The van der Waals surface area contributed by atoms with Crippen molar-refractivity contribution in [1.82, 2.24) is 9.29 Å². The van der Waals surface area contributed by atoms with Crippen LogP contribution in [0.4, 0.5) is 5.82 Å². The Labute approximate surface area is 136 Å². The highest BCUT2D eigenvalue weighted by Gasteiger charge is 2.40. The summed E-state index contributed by atoms with van der Waals surface area (Å²) in [5.74, 6) is 0.0785. The van der Waals surface area contributed by atoms with E-state index < -0.39 is 21.6 Å². The first-order valence-electron chi connectivity index (χ1n) is 7.63. The van der Waals surface area contributed by atoms with E-state index >= 15 is 0 Å². The molecule has 7 nitrogen and oxygen atoms in total. The molecule has 8 heteroatoms. The van der Waals surface area contributed by atoms with Crippen molar-refractivity contribution in [1.29, 1.82) is 0 Å². The van der Waals surface area contributed by atoms with Gasteiger partial charge in [-0.05, 0) is 32.8 Å². The summed E-state index contributed by atoms with van der Waals surface area (Å²) >= 11 is 0. The first-order chi connectivity index (χ1) is 10.7. The highest BCUT2D eigenvalue weighted by Crippen LogP contribution is 2.38. The van der Waals surface area contributed by atoms with Gasteiger partial charge in [0, 0.05) is 30.9 Å². The molecular formula is C15H21N3O4S. The molecule has 23 heavy (non-hydrogen) atoms. The molecule has 0 aromatic carbocycles. The molecule has 2 aliphatic rings. The van der Waals surface area contributed by atoms with Crippen LogP contribution in [0.25, 0.3) is 0 Å². The third-order valence-corrected chi connectivity index (χ3v) is 5.62. The summed E-state index contributed by atoms with van der Waals surface area (Å²) in [6.07, 6.45) is 4.46. The maximum atomic E-state index is 12.2. The number of rotatable bonds is 3. The van der Waals surface area contributed by atoms with Crippen LogP contribution in [0.2, 0.25) is 0 Å². The highest BCUT2D eigenvalue weighted by atomic mass is 32.2. The molecule has 0 amide bonds. The Balaban J connectivity index is 1.85. The van der Waals surface area contributed by atoms with E-state index in [2.05, 4.69) is 10.3 Å². The van der Waals surface area contributed by atoms with Gasteiger partial charge in [0.05, 0.1) is 6.26 Å². The number of pyridine rings is 1. The molecule has 1 saturated heterocycles. The number of aromatic nitrogens is 1. The predicted octanol–water partition coefficient (Wildman–Crippen LogP) is 1.32. The largest absolute Gasteiger partial charge is 0.451 e. The summed E-state index contributed by atoms with van der Waals surface area (Å²) in [5, 5.41) is 3.23. The Hall–Kier alpha value is -1.67. The second-order valence-electron chi connectivity index (χ2n) is 6.59. The van der Waals surface area contributed by atoms with Gasteiger partial charge in [-0.3, -0.25) is 0 Å². The first-order valence-corrected chi connectivity index (χ1v) is 9.48. The SMILES string of the molecule is CC1(C)OC(=O)c2c1ccnc2N[C@H]1CCCN(S(C)(=O)=O)C1. The lowest BCUT2D eigenvalue weighted by atomic mass is 9.97. The molecule has 0 saturated carbocycles. The summed E-state index contributed by atoms with van der Waals surface area (Å²) in [4.78, 5) is 16.4. The van der Waals surface area contributed by atoms with Gasteiger partial charge in [0.15, 0.2) is 0 Å². The minimum absolute atomic E-state index is 0.0750. The molecule has 0 bridgehead atoms. The lowest BCUT2D eigenvalue weighted by Gasteiger charge is -2.31. The second-order valence-corrected chi connectivity index (χ2v) is 8.57. The van der Waals surface area contributed by atoms with Gasteiger partial charge < -0.3 is 10.1 Å². The quantitative estimate of drug-likeness (QED) is 0.836. The van der Waals surface area contributed by atoms with Crippen molar-refractivity contribution in [3.05, 3.63) is 23.4 Å². The Morgan fingerprint density at radius 3 is 2.87 bits per heavy atom. The van der Waals surface area contributed by atoms with E-state index in [9.17, 15) is 13.2 Å². The molecule has 0 spiro atoms. The molecule has 3 rings (SSSR count). The van der Waals surface area contributed by atoms with Crippen molar-refractivity contribution in [3.63, 3.8) is 0 Å². The van der Waals surface area contributed by atoms with Gasteiger partial charge >= 0.3 is 5.97 Å². The van der Waals surface area contributed by atoms with Crippen molar-refractivity contribution in [2.24, 2.45) is 0 Å². The van der Waals surface area contributed by atoms with Crippen LogP contribution in [-0.2, 0) is 20.4 Å². The average Bonchev–Trinajstić information content (AvgIpc) is 2.69. The number of hydrogen-bond acceptors (Lipinski definition) is 6. The zero-order valence-electron chi connectivity index (χ0n) is 13.5. The number of piperidine rings is 1. The molecule has 2 aliphatic heterocycles. The molecular weight excluding hydrogens is 318 g/mol. The molecule has 1 aromatic heterocycles. The standard InChI is InChI=1S/C15H21N3O4S/c1-15(2)11-6-7-16-13(12(11)14(19)22-15)17-10-5-4-8-18(9-10)23(3,20)21/h6-7,10H,4-5,8-9H2,1-3H3,(H,16,17)/t10-/m0/s1. The van der Waals surface area contributed by atoms with Crippen LogP contribution in [0.1, 0.15) is 42.6 Å². The Bertz CT molecular complexity index is 745. The fourth-order valence-corrected chi connectivity index (χ4v) is 4.08. The lowest BCUT2D eigenvalue weighted by molar-refractivity contribution is 0.00957. The topological polar surface area (TPSA) is 88.6 Å². The zero-order chi connectivity index (χ0) is 16.8. The Morgan fingerprint density at radius 1 is 1.43 bits per heavy atom. The van der Waals surface area contributed by atoms with E-state index in [4.69, 9.17) is 4.74 Å². The van der Waals surface area contributed by atoms with Gasteiger partial charge in [0.25, 0.3) is 0 Å². The summed E-state index contributed by atoms with van der Waals surface area (Å²) in [7, 11) is -3.21. The van der Waals surface area contributed by atoms with Crippen LogP contribution in [-0.4, -0.2) is 49.1 Å². The van der Waals surface area contributed by atoms with Crippen molar-refractivity contribution in [2.45, 2.75) is 38.3 Å². The predicted molar refractivity (Wildman–Crippen MR) is 85.7 cm³/mol. The Kier molecular flexibility index (Phi) is 3.84. The number of hydrogen-bond donors (Lipinski definition) is 1. The number of nitrogens with zero attached hydrogens (tertiary/aromatic N) is 2. The summed E-state index contributed by atoms with van der Waals surface area (Å²) in [6.45, 7) is 4.59. The number of fused-ring (bicyclic) bond motifs is 1. The van der Waals surface area contributed by atoms with Gasteiger partial charge in [-0.15, -0.1) is 0 Å². The number of sulfonamides is 1. The van der Waals surface area contributed by atoms with Crippen LogP contribution in [0.15, 0.2) is 12.3 Å². The summed E-state index contributed by atoms with van der Waals surface area (Å²) < 4.78 is 30.3. The van der Waals surface area contributed by atoms with Crippen molar-refractivity contribution in [3.8, 4) is 0 Å². The van der Waals surface area contributed by atoms with Crippen LogP contribution in [0, 0.1) is 0 Å². The number of anilines is 1. The van der Waals surface area contributed by atoms with E-state index in [-0.39, 0.29) is 6.04 Å². The van der Waals surface area contributed by atoms with E-state index in [0.29, 0.717) is 24.5 Å². The van der Waals surface area contributed by atoms with Crippen molar-refractivity contribution < 1.29 is 17.9 Å². The molecule has 0 aliphatic carbocycles. The normalized spacial score (nSPS) is 24.1. The van der Waals surface area contributed by atoms with E-state index in [1.807, 2.05) is 13.8 Å². The molecule has 1 fully saturated rings. The van der Waals surface area contributed by atoms with Gasteiger partial charge in [0.1, 0.15) is 17.0 Å². The number of ether oxygens (including phenoxy) is 1. The molecule has 126 valence electrons. The summed E-state index contributed by atoms with van der Waals surface area (Å²) in [6, 6.07) is 1.71. The number of nitrogens with one attached hydrogen (secondary N) is 1. The maximum Gasteiger partial charge on any atom is 0.343 e. The fraction of sp³-hybridized carbons (Fsp3) is 0.600. The number of cyclic esters (lactones) is 1. The third-order valence-electron chi connectivity index (χ3n) is 4.35. The molecule has 1 N–H and O–H groups in total. The first kappa shape index (κ1) is 16.2. The van der Waals surface area contributed by atoms with Crippen molar-refractivity contribution >= 4 is 21.8 Å². The minimum Gasteiger partial charge on any atom is -0.451 e. The van der Waals surface area contributed by atoms with E-state index in [0.717, 1.165) is 18.4 Å². The number of esters is 1. The van der Waals surface area contributed by atoms with Crippen LogP contribution >= 0.6 is 0 Å². The monoisotopic (exact) mass is 339 g/mol. The molecule has 0 unspecified atom stereocenters. The maximum absolute atomic E-state index is 12.2. The van der Waals surface area contributed by atoms with Gasteiger partial charge in [-0.2, -0.15) is 0 Å². The van der Waals surface area contributed by atoms with Crippen LogP contribution in [0.3, 0.4) is 0 Å². The highest BCUT2D eigenvalue weighted by molar-refractivity contribution is 7.88. The fourth-order valence-electron chi connectivity index (χ4n) is 3.17. The Morgan fingerprint density at radius 2 is 2.17 bits per heavy atom. The van der Waals surface area contributed by atoms with E-state index in [1.165, 1.54) is 10.6 Å². The van der Waals surface area contributed by atoms with Gasteiger partial charge in [0.2, 0.25) is 10.0 Å². The summed E-state index contributed by atoms with van der Waals surface area (Å²) in [5.41, 5.74) is 0.585. The second kappa shape index (κ2) is 5.45. The van der Waals surface area contributed by atoms with E-state index in [1.54, 1.807) is 12.3 Å². The molecule has 3 heterocycles. The van der Waals surface area contributed by atoms with Gasteiger partial charge in [-0.25, -0.2) is 22.5 Å². The lowest BCUT2D eigenvalue weighted by Crippen LogP contribution is -2.44. The van der Waals surface area contributed by atoms with Crippen molar-refractivity contribution in [2.75, 3.05) is 24.7 Å². The zero-order valence-corrected chi connectivity index (χ0v) is 14.3. The average molecular weight is 339 g/mol. The number of carbonyl (C=O) groups excluding carboxylic acids is 1. The smallest absolute Gasteiger partial charge is 0.343 e. The molecule has 1 atom stereocenters.